The second-order valence-electron chi connectivity index (χ2n) is 4.39. The first-order valence-corrected chi connectivity index (χ1v) is 6.81. The van der Waals surface area contributed by atoms with Crippen LogP contribution in [0.25, 0.3) is 0 Å². The number of aryl methyl sites for hydroxylation is 1. The number of aromatic nitrogens is 2. The fraction of sp³-hybridized carbons (Fsp3) is 0.231. The van der Waals surface area contributed by atoms with Crippen molar-refractivity contribution in [3.8, 4) is 0 Å². The van der Waals surface area contributed by atoms with Gasteiger partial charge in [-0.15, -0.1) is 0 Å². The molecule has 118 valence electrons. The van der Waals surface area contributed by atoms with Crippen LogP contribution in [0.3, 0.4) is 0 Å². The smallest absolute Gasteiger partial charge is 0.275 e. The number of carbonyl (C=O) groups excluding carboxylic acids is 1. The van der Waals surface area contributed by atoms with Gasteiger partial charge in [0.25, 0.3) is 12.3 Å². The van der Waals surface area contributed by atoms with Gasteiger partial charge in [-0.05, 0) is 28.1 Å². The second-order valence-corrected chi connectivity index (χ2v) is 5.24. The molecule has 0 fully saturated rings. The van der Waals surface area contributed by atoms with Crippen molar-refractivity contribution in [2.45, 2.75) is 12.6 Å². The number of nitrogens with one attached hydrogen (secondary N) is 1. The minimum Gasteiger partial charge on any atom is -0.318 e. The predicted molar refractivity (Wildman–Crippen MR) is 75.1 cm³/mol. The Hall–Kier alpha value is -1.90. The highest BCUT2D eigenvalue weighted by Crippen LogP contribution is 2.29. The van der Waals surface area contributed by atoms with E-state index in [0.29, 0.717) is 0 Å². The van der Waals surface area contributed by atoms with Crippen LogP contribution in [0.5, 0.6) is 0 Å². The van der Waals surface area contributed by atoms with Crippen LogP contribution in [0.2, 0.25) is 0 Å². The van der Waals surface area contributed by atoms with E-state index in [1.807, 2.05) is 0 Å². The Balaban J connectivity index is 2.34. The van der Waals surface area contributed by atoms with Gasteiger partial charge in [0.1, 0.15) is 11.5 Å². The molecule has 0 spiro atoms. The van der Waals surface area contributed by atoms with E-state index < -0.39 is 30.0 Å². The molecule has 1 atom stereocenters. The highest BCUT2D eigenvalue weighted by molar-refractivity contribution is 9.10. The fourth-order valence-electron chi connectivity index (χ4n) is 1.80. The Morgan fingerprint density at radius 3 is 2.64 bits per heavy atom. The number of halogens is 5. The predicted octanol–water partition coefficient (Wildman–Crippen LogP) is 3.85. The standard InChI is InChI=1S/C13H10BrF4N3O/c1-21-5-6(10(20-21)9(16)12(17)18)13(22)19-11-7(14)3-2-4-8(11)15/h2-5,9,12H,1H3,(H,19,22). The summed E-state index contributed by atoms with van der Waals surface area (Å²) in [6, 6.07) is 4.01. The van der Waals surface area contributed by atoms with Gasteiger partial charge in [0, 0.05) is 17.7 Å². The lowest BCUT2D eigenvalue weighted by Crippen LogP contribution is -2.17. The number of rotatable bonds is 4. The second kappa shape index (κ2) is 6.47. The number of alkyl halides is 3. The topological polar surface area (TPSA) is 46.9 Å². The molecule has 0 saturated heterocycles. The number of para-hydroxylation sites is 1. The van der Waals surface area contributed by atoms with Crippen molar-refractivity contribution < 1.29 is 22.4 Å². The van der Waals surface area contributed by atoms with E-state index in [-0.39, 0.29) is 15.7 Å². The van der Waals surface area contributed by atoms with Gasteiger partial charge in [-0.2, -0.15) is 5.10 Å². The van der Waals surface area contributed by atoms with Crippen molar-refractivity contribution >= 4 is 27.5 Å². The van der Waals surface area contributed by atoms with Gasteiger partial charge in [0.2, 0.25) is 6.17 Å². The number of anilines is 1. The van der Waals surface area contributed by atoms with Crippen LogP contribution in [-0.2, 0) is 7.05 Å². The molecule has 0 radical (unpaired) electrons. The molecule has 0 aliphatic carbocycles. The molecule has 9 heteroatoms. The maximum Gasteiger partial charge on any atom is 0.275 e. The third-order valence-corrected chi connectivity index (χ3v) is 3.45. The molecule has 2 aromatic rings. The SMILES string of the molecule is Cn1cc(C(=O)Nc2c(F)cccc2Br)c(C(F)C(F)F)n1. The monoisotopic (exact) mass is 379 g/mol. The van der Waals surface area contributed by atoms with Crippen LogP contribution >= 0.6 is 15.9 Å². The van der Waals surface area contributed by atoms with E-state index in [9.17, 15) is 22.4 Å². The zero-order chi connectivity index (χ0) is 16.4. The zero-order valence-electron chi connectivity index (χ0n) is 11.2. The lowest BCUT2D eigenvalue weighted by Gasteiger charge is -2.09. The van der Waals surface area contributed by atoms with E-state index >= 15 is 0 Å². The molecule has 1 aromatic heterocycles. The largest absolute Gasteiger partial charge is 0.318 e. The molecule has 1 amide bonds. The Kier molecular flexibility index (Phi) is 4.84. The summed E-state index contributed by atoms with van der Waals surface area (Å²) < 4.78 is 53.5. The molecule has 0 bridgehead atoms. The molecule has 1 heterocycles. The normalized spacial score (nSPS) is 12.5. The van der Waals surface area contributed by atoms with E-state index in [0.717, 1.165) is 16.9 Å². The number of hydrogen-bond donors (Lipinski definition) is 1. The maximum atomic E-state index is 13.7. The minimum atomic E-state index is -3.32. The highest BCUT2D eigenvalue weighted by atomic mass is 79.9. The summed E-state index contributed by atoms with van der Waals surface area (Å²) in [5.41, 5.74) is -1.25. The molecular weight excluding hydrogens is 370 g/mol. The first-order valence-electron chi connectivity index (χ1n) is 6.02. The summed E-state index contributed by atoms with van der Waals surface area (Å²) >= 11 is 3.05. The molecule has 0 aliphatic rings. The van der Waals surface area contributed by atoms with E-state index in [2.05, 4.69) is 26.3 Å². The summed E-state index contributed by atoms with van der Waals surface area (Å²) in [6.45, 7) is 0. The van der Waals surface area contributed by atoms with Crippen LogP contribution in [0.15, 0.2) is 28.9 Å². The van der Waals surface area contributed by atoms with Crippen molar-refractivity contribution in [3.05, 3.63) is 45.9 Å². The third-order valence-electron chi connectivity index (χ3n) is 2.79. The lowest BCUT2D eigenvalue weighted by molar-refractivity contribution is 0.0465. The maximum absolute atomic E-state index is 13.7. The molecule has 22 heavy (non-hydrogen) atoms. The summed E-state index contributed by atoms with van der Waals surface area (Å²) in [7, 11) is 1.36. The Morgan fingerprint density at radius 1 is 1.36 bits per heavy atom. The number of carbonyl (C=O) groups is 1. The number of amides is 1. The van der Waals surface area contributed by atoms with Crippen LogP contribution in [0, 0.1) is 5.82 Å². The molecular formula is C13H10BrF4N3O. The summed E-state index contributed by atoms with van der Waals surface area (Å²) in [6.07, 6.45) is -4.93. The fourth-order valence-corrected chi connectivity index (χ4v) is 2.24. The van der Waals surface area contributed by atoms with Crippen LogP contribution in [0.1, 0.15) is 22.2 Å². The van der Waals surface area contributed by atoms with Gasteiger partial charge < -0.3 is 5.32 Å². The van der Waals surface area contributed by atoms with Gasteiger partial charge in [-0.1, -0.05) is 6.07 Å². The molecule has 0 aliphatic heterocycles. The molecule has 4 nitrogen and oxygen atoms in total. The third kappa shape index (κ3) is 3.29. The average Bonchev–Trinajstić information content (AvgIpc) is 2.84. The number of benzene rings is 1. The van der Waals surface area contributed by atoms with Crippen molar-refractivity contribution in [1.82, 2.24) is 9.78 Å². The first-order chi connectivity index (χ1) is 10.3. The minimum absolute atomic E-state index is 0.172. The Bertz CT molecular complexity index is 684. The van der Waals surface area contributed by atoms with Crippen LogP contribution in [-0.4, -0.2) is 22.1 Å². The molecule has 1 N–H and O–H groups in total. The van der Waals surface area contributed by atoms with E-state index in [4.69, 9.17) is 0 Å². The highest BCUT2D eigenvalue weighted by Gasteiger charge is 2.30. The molecule has 0 saturated carbocycles. The summed E-state index contributed by atoms with van der Waals surface area (Å²) in [5.74, 6) is -1.66. The quantitative estimate of drug-likeness (QED) is 0.820. The van der Waals surface area contributed by atoms with Gasteiger partial charge >= 0.3 is 0 Å². The number of hydrogen-bond acceptors (Lipinski definition) is 2. The van der Waals surface area contributed by atoms with Crippen molar-refractivity contribution in [3.63, 3.8) is 0 Å². The summed E-state index contributed by atoms with van der Waals surface area (Å²) in [5, 5.41) is 5.75. The van der Waals surface area contributed by atoms with Crippen LogP contribution in [0.4, 0.5) is 23.2 Å². The van der Waals surface area contributed by atoms with Crippen molar-refractivity contribution in [2.75, 3.05) is 5.32 Å². The molecule has 2 rings (SSSR count). The van der Waals surface area contributed by atoms with E-state index in [1.165, 1.54) is 19.2 Å². The van der Waals surface area contributed by atoms with Crippen LogP contribution < -0.4 is 5.32 Å². The molecule has 1 aromatic carbocycles. The number of nitrogens with zero attached hydrogens (tertiary/aromatic N) is 2. The lowest BCUT2D eigenvalue weighted by atomic mass is 10.1. The summed E-state index contributed by atoms with van der Waals surface area (Å²) in [4.78, 5) is 12.1. The van der Waals surface area contributed by atoms with Gasteiger partial charge in [0.15, 0.2) is 0 Å². The van der Waals surface area contributed by atoms with Crippen molar-refractivity contribution in [2.24, 2.45) is 7.05 Å². The first kappa shape index (κ1) is 16.5. The Labute approximate surface area is 131 Å². The van der Waals surface area contributed by atoms with Gasteiger partial charge in [-0.25, -0.2) is 17.6 Å². The van der Waals surface area contributed by atoms with Crippen molar-refractivity contribution in [1.29, 1.82) is 0 Å². The van der Waals surface area contributed by atoms with Gasteiger partial charge in [-0.3, -0.25) is 9.48 Å². The Morgan fingerprint density at radius 2 is 2.05 bits per heavy atom. The van der Waals surface area contributed by atoms with E-state index in [1.54, 1.807) is 0 Å². The molecule has 1 unspecified atom stereocenters. The zero-order valence-corrected chi connectivity index (χ0v) is 12.7. The van der Waals surface area contributed by atoms with Gasteiger partial charge in [0.05, 0.1) is 11.3 Å². The average molecular weight is 380 g/mol.